The summed E-state index contributed by atoms with van der Waals surface area (Å²) in [5.74, 6) is 0. The van der Waals surface area contributed by atoms with Gasteiger partial charge in [0.05, 0.1) is 21.8 Å². The molecule has 0 amide bonds. The first-order valence-corrected chi connectivity index (χ1v) is 7.67. The normalized spacial score (nSPS) is 10.8. The molecule has 21 heavy (non-hydrogen) atoms. The first-order valence-electron chi connectivity index (χ1n) is 6.50. The predicted molar refractivity (Wildman–Crippen MR) is 87.9 cm³/mol. The Hall–Kier alpha value is -1.83. The van der Waals surface area contributed by atoms with Crippen molar-refractivity contribution in [1.82, 2.24) is 9.55 Å². The summed E-state index contributed by atoms with van der Waals surface area (Å²) >= 11 is 9.77. The van der Waals surface area contributed by atoms with Gasteiger partial charge in [-0.2, -0.15) is 5.26 Å². The van der Waals surface area contributed by atoms with Crippen LogP contribution in [0.15, 0.2) is 41.1 Å². The first-order chi connectivity index (χ1) is 10.2. The summed E-state index contributed by atoms with van der Waals surface area (Å²) in [6.45, 7) is 2.08. The molecule has 5 heteroatoms. The third kappa shape index (κ3) is 2.33. The molecule has 0 fully saturated rings. The number of hydrogen-bond acceptors (Lipinski definition) is 2. The van der Waals surface area contributed by atoms with E-state index in [0.717, 1.165) is 33.3 Å². The van der Waals surface area contributed by atoms with Crippen molar-refractivity contribution < 1.29 is 0 Å². The van der Waals surface area contributed by atoms with Crippen molar-refractivity contribution in [1.29, 1.82) is 5.26 Å². The molecule has 2 aromatic heterocycles. The van der Waals surface area contributed by atoms with Crippen molar-refractivity contribution in [3.05, 3.63) is 57.4 Å². The Labute approximate surface area is 135 Å². The minimum atomic E-state index is 0.558. The molecule has 1 aromatic carbocycles. The molecule has 0 radical (unpaired) electrons. The summed E-state index contributed by atoms with van der Waals surface area (Å²) in [6, 6.07) is 11.6. The van der Waals surface area contributed by atoms with E-state index in [0.29, 0.717) is 10.6 Å². The van der Waals surface area contributed by atoms with Crippen LogP contribution in [-0.2, 0) is 6.42 Å². The maximum atomic E-state index is 9.39. The van der Waals surface area contributed by atoms with Gasteiger partial charge in [0.1, 0.15) is 10.7 Å². The molecule has 104 valence electrons. The smallest absolute Gasteiger partial charge is 0.108 e. The molecule has 3 nitrogen and oxygen atoms in total. The summed E-state index contributed by atoms with van der Waals surface area (Å²) in [6.07, 6.45) is 2.65. The Morgan fingerprint density at radius 3 is 2.90 bits per heavy atom. The van der Waals surface area contributed by atoms with Crippen LogP contribution >= 0.6 is 27.5 Å². The van der Waals surface area contributed by atoms with E-state index in [9.17, 15) is 5.26 Å². The predicted octanol–water partition coefficient (Wildman–Crippen LogP) is 4.88. The average molecular weight is 361 g/mol. The van der Waals surface area contributed by atoms with E-state index < -0.39 is 0 Å². The summed E-state index contributed by atoms with van der Waals surface area (Å²) in [7, 11) is 0. The zero-order valence-corrected chi connectivity index (χ0v) is 13.6. The Kier molecular flexibility index (Phi) is 3.71. The number of rotatable bonds is 2. The van der Waals surface area contributed by atoms with Crippen LogP contribution in [0.1, 0.15) is 18.2 Å². The molecule has 0 aliphatic rings. The Balaban J connectivity index is 2.45. The van der Waals surface area contributed by atoms with Gasteiger partial charge in [-0.25, -0.2) is 4.98 Å². The molecule has 0 atom stereocenters. The van der Waals surface area contributed by atoms with Gasteiger partial charge in [0.25, 0.3) is 0 Å². The summed E-state index contributed by atoms with van der Waals surface area (Å²) in [5, 5.41) is 11.0. The van der Waals surface area contributed by atoms with Crippen molar-refractivity contribution in [2.24, 2.45) is 0 Å². The fourth-order valence-electron chi connectivity index (χ4n) is 2.49. The highest BCUT2D eigenvalue weighted by Gasteiger charge is 2.16. The number of nitriles is 1. The lowest BCUT2D eigenvalue weighted by molar-refractivity contribution is 0.957. The number of para-hydroxylation sites is 1. The van der Waals surface area contributed by atoms with Crippen molar-refractivity contribution in [3.8, 4) is 11.8 Å². The number of benzene rings is 1. The van der Waals surface area contributed by atoms with E-state index in [1.807, 2.05) is 16.8 Å². The Morgan fingerprint density at radius 1 is 1.38 bits per heavy atom. The molecule has 0 spiro atoms. The molecular formula is C16H11BrClN3. The SMILES string of the molecule is CCc1cc2cnc(Br)cc2n1-c1c(Cl)cccc1C#N. The van der Waals surface area contributed by atoms with E-state index in [1.54, 1.807) is 18.2 Å². The topological polar surface area (TPSA) is 41.6 Å². The van der Waals surface area contributed by atoms with Gasteiger partial charge < -0.3 is 4.57 Å². The first kappa shape index (κ1) is 14.1. The van der Waals surface area contributed by atoms with Gasteiger partial charge in [0, 0.05) is 17.3 Å². The second kappa shape index (κ2) is 5.51. The zero-order valence-electron chi connectivity index (χ0n) is 11.3. The lowest BCUT2D eigenvalue weighted by Crippen LogP contribution is -2.02. The molecule has 0 saturated heterocycles. The lowest BCUT2D eigenvalue weighted by Gasteiger charge is -2.13. The van der Waals surface area contributed by atoms with E-state index in [1.165, 1.54) is 0 Å². The average Bonchev–Trinajstić information content (AvgIpc) is 2.84. The van der Waals surface area contributed by atoms with Gasteiger partial charge in [-0.15, -0.1) is 0 Å². The highest BCUT2D eigenvalue weighted by atomic mass is 79.9. The quantitative estimate of drug-likeness (QED) is 0.611. The van der Waals surface area contributed by atoms with E-state index >= 15 is 0 Å². The molecule has 0 unspecified atom stereocenters. The molecule has 3 rings (SSSR count). The van der Waals surface area contributed by atoms with Gasteiger partial charge in [0.15, 0.2) is 0 Å². The van der Waals surface area contributed by atoms with Crippen molar-refractivity contribution >= 4 is 38.4 Å². The van der Waals surface area contributed by atoms with Crippen LogP contribution in [0, 0.1) is 11.3 Å². The molecule has 0 N–H and O–H groups in total. The van der Waals surface area contributed by atoms with E-state index in [4.69, 9.17) is 11.6 Å². The van der Waals surface area contributed by atoms with Gasteiger partial charge >= 0.3 is 0 Å². The van der Waals surface area contributed by atoms with Gasteiger partial charge in [-0.3, -0.25) is 0 Å². The largest absolute Gasteiger partial charge is 0.311 e. The highest BCUT2D eigenvalue weighted by molar-refractivity contribution is 9.10. The minimum absolute atomic E-state index is 0.558. The van der Waals surface area contributed by atoms with E-state index in [-0.39, 0.29) is 0 Å². The number of aryl methyl sites for hydroxylation is 1. The number of hydrogen-bond donors (Lipinski definition) is 0. The van der Waals surface area contributed by atoms with Gasteiger partial charge in [-0.05, 0) is 46.6 Å². The van der Waals surface area contributed by atoms with Crippen LogP contribution in [0.3, 0.4) is 0 Å². The molecule has 0 aliphatic carbocycles. The number of fused-ring (bicyclic) bond motifs is 1. The zero-order chi connectivity index (χ0) is 15.0. The third-order valence-corrected chi connectivity index (χ3v) is 4.16. The van der Waals surface area contributed by atoms with Crippen LogP contribution in [0.25, 0.3) is 16.6 Å². The molecule has 3 aromatic rings. The van der Waals surface area contributed by atoms with Gasteiger partial charge in [-0.1, -0.05) is 24.6 Å². The van der Waals surface area contributed by atoms with Crippen LogP contribution in [0.4, 0.5) is 0 Å². The number of aromatic nitrogens is 2. The maximum Gasteiger partial charge on any atom is 0.108 e. The van der Waals surface area contributed by atoms with Crippen molar-refractivity contribution in [2.45, 2.75) is 13.3 Å². The molecule has 0 saturated carbocycles. The van der Waals surface area contributed by atoms with Crippen LogP contribution in [0.2, 0.25) is 5.02 Å². The van der Waals surface area contributed by atoms with Gasteiger partial charge in [0.2, 0.25) is 0 Å². The van der Waals surface area contributed by atoms with E-state index in [2.05, 4.69) is 40.0 Å². The summed E-state index contributed by atoms with van der Waals surface area (Å²) < 4.78 is 2.80. The van der Waals surface area contributed by atoms with Crippen LogP contribution < -0.4 is 0 Å². The second-order valence-corrected chi connectivity index (χ2v) is 5.86. The fraction of sp³-hybridized carbons (Fsp3) is 0.125. The molecule has 0 aliphatic heterocycles. The third-order valence-electron chi connectivity index (χ3n) is 3.42. The van der Waals surface area contributed by atoms with Crippen molar-refractivity contribution in [3.63, 3.8) is 0 Å². The van der Waals surface area contributed by atoms with Crippen LogP contribution in [-0.4, -0.2) is 9.55 Å². The molecule has 2 heterocycles. The Morgan fingerprint density at radius 2 is 2.19 bits per heavy atom. The minimum Gasteiger partial charge on any atom is -0.311 e. The lowest BCUT2D eigenvalue weighted by atomic mass is 10.2. The standard InChI is InChI=1S/C16H11BrClN3/c1-2-12-6-11-9-20-15(17)7-14(11)21(12)16-10(8-19)4-3-5-13(16)18/h3-7,9H,2H2,1H3. The maximum absolute atomic E-state index is 9.39. The van der Waals surface area contributed by atoms with Crippen LogP contribution in [0.5, 0.6) is 0 Å². The fourth-order valence-corrected chi connectivity index (χ4v) is 3.07. The highest BCUT2D eigenvalue weighted by Crippen LogP contribution is 2.32. The number of pyridine rings is 1. The summed E-state index contributed by atoms with van der Waals surface area (Å²) in [5.41, 5.74) is 3.36. The summed E-state index contributed by atoms with van der Waals surface area (Å²) in [4.78, 5) is 4.26. The van der Waals surface area contributed by atoms with Crippen molar-refractivity contribution in [2.75, 3.05) is 0 Å². The molecule has 0 bridgehead atoms. The molecular weight excluding hydrogens is 350 g/mol. The number of nitrogens with zero attached hydrogens (tertiary/aromatic N) is 3. The Bertz CT molecular complexity index is 877. The second-order valence-electron chi connectivity index (χ2n) is 4.64. The monoisotopic (exact) mass is 359 g/mol. The number of halogens is 2.